The molecule has 0 atom stereocenters. The van der Waals surface area contributed by atoms with Crippen LogP contribution in [-0.4, -0.2) is 42.7 Å². The molecule has 0 aliphatic rings. The third-order valence-corrected chi connectivity index (χ3v) is 4.78. The minimum atomic E-state index is -0.355. The molecule has 0 bridgehead atoms. The van der Waals surface area contributed by atoms with Crippen molar-refractivity contribution in [2.24, 2.45) is 0 Å². The van der Waals surface area contributed by atoms with Gasteiger partial charge in [0.1, 0.15) is 11.6 Å². The van der Waals surface area contributed by atoms with Gasteiger partial charge in [0.2, 0.25) is 11.8 Å². The molecule has 0 aliphatic heterocycles. The maximum absolute atomic E-state index is 13.7. The first-order chi connectivity index (χ1) is 13.0. The molecule has 7 heteroatoms. The number of thioether (sulfide) groups is 1. The molecular weight excluding hydrogens is 367 g/mol. The van der Waals surface area contributed by atoms with Crippen LogP contribution in [0.4, 0.5) is 10.1 Å². The lowest BCUT2D eigenvalue weighted by Crippen LogP contribution is -2.39. The van der Waals surface area contributed by atoms with Gasteiger partial charge in [0.25, 0.3) is 0 Å². The lowest BCUT2D eigenvalue weighted by Gasteiger charge is -2.22. The fraction of sp³-hybridized carbons (Fsp3) is 0.300. The Morgan fingerprint density at radius 3 is 2.56 bits per heavy atom. The Bertz CT molecular complexity index is 785. The molecule has 2 aromatic rings. The average molecular weight is 390 g/mol. The van der Waals surface area contributed by atoms with Gasteiger partial charge in [-0.1, -0.05) is 31.2 Å². The molecule has 2 rings (SSSR count). The SMILES string of the molecule is CCCN(CC(=O)Nc1ccccc1OC)C(=O)CSc1ccccc1F. The van der Waals surface area contributed by atoms with Gasteiger partial charge in [-0.2, -0.15) is 0 Å². The van der Waals surface area contributed by atoms with E-state index in [-0.39, 0.29) is 29.9 Å². The predicted octanol–water partition coefficient (Wildman–Crippen LogP) is 3.80. The Kier molecular flexibility index (Phi) is 8.13. The van der Waals surface area contributed by atoms with Crippen LogP contribution in [0.25, 0.3) is 0 Å². The van der Waals surface area contributed by atoms with E-state index in [1.54, 1.807) is 42.5 Å². The molecule has 0 heterocycles. The number of amides is 2. The van der Waals surface area contributed by atoms with Crippen LogP contribution in [0, 0.1) is 5.82 Å². The number of hydrogen-bond acceptors (Lipinski definition) is 4. The van der Waals surface area contributed by atoms with Gasteiger partial charge in [-0.25, -0.2) is 4.39 Å². The number of nitrogens with zero attached hydrogens (tertiary/aromatic N) is 1. The van der Waals surface area contributed by atoms with Gasteiger partial charge in [0.05, 0.1) is 25.1 Å². The van der Waals surface area contributed by atoms with Gasteiger partial charge in [0.15, 0.2) is 0 Å². The second-order valence-electron chi connectivity index (χ2n) is 5.78. The first-order valence-electron chi connectivity index (χ1n) is 8.63. The summed E-state index contributed by atoms with van der Waals surface area (Å²) >= 11 is 1.13. The molecule has 5 nitrogen and oxygen atoms in total. The van der Waals surface area contributed by atoms with Crippen LogP contribution in [0.1, 0.15) is 13.3 Å². The van der Waals surface area contributed by atoms with Gasteiger partial charge in [-0.15, -0.1) is 11.8 Å². The van der Waals surface area contributed by atoms with Gasteiger partial charge in [-0.3, -0.25) is 9.59 Å². The highest BCUT2D eigenvalue weighted by Crippen LogP contribution is 2.23. The standard InChI is InChI=1S/C20H23FN2O3S/c1-3-12-23(20(25)14-27-18-11-7-4-8-15(18)21)13-19(24)22-16-9-5-6-10-17(16)26-2/h4-11H,3,12-14H2,1-2H3,(H,22,24). The number of ether oxygens (including phenoxy) is 1. The van der Waals surface area contributed by atoms with Gasteiger partial charge in [0, 0.05) is 11.4 Å². The summed E-state index contributed by atoms with van der Waals surface area (Å²) in [5.74, 6) is -0.249. The summed E-state index contributed by atoms with van der Waals surface area (Å²) in [6.45, 7) is 2.32. The summed E-state index contributed by atoms with van der Waals surface area (Å²) in [4.78, 5) is 26.8. The smallest absolute Gasteiger partial charge is 0.244 e. The molecule has 2 amide bonds. The van der Waals surface area contributed by atoms with Crippen molar-refractivity contribution in [2.75, 3.05) is 31.3 Å². The second kappa shape index (κ2) is 10.6. The van der Waals surface area contributed by atoms with Crippen molar-refractivity contribution in [3.63, 3.8) is 0 Å². The molecule has 0 unspecified atom stereocenters. The maximum atomic E-state index is 13.7. The fourth-order valence-corrected chi connectivity index (χ4v) is 3.31. The topological polar surface area (TPSA) is 58.6 Å². The van der Waals surface area contributed by atoms with Crippen LogP contribution in [0.3, 0.4) is 0 Å². The van der Waals surface area contributed by atoms with Gasteiger partial charge < -0.3 is 15.0 Å². The van der Waals surface area contributed by atoms with E-state index in [4.69, 9.17) is 4.74 Å². The molecule has 1 N–H and O–H groups in total. The molecule has 0 fully saturated rings. The first-order valence-corrected chi connectivity index (χ1v) is 9.61. The highest BCUT2D eigenvalue weighted by Gasteiger charge is 2.18. The number of benzene rings is 2. The van der Waals surface area contributed by atoms with Crippen molar-refractivity contribution in [3.8, 4) is 5.75 Å². The van der Waals surface area contributed by atoms with E-state index in [2.05, 4.69) is 5.32 Å². The number of nitrogens with one attached hydrogen (secondary N) is 1. The van der Waals surface area contributed by atoms with Crippen molar-refractivity contribution in [1.82, 2.24) is 4.90 Å². The molecule has 2 aromatic carbocycles. The minimum Gasteiger partial charge on any atom is -0.495 e. The van der Waals surface area contributed by atoms with Crippen LogP contribution in [0.15, 0.2) is 53.4 Å². The summed E-state index contributed by atoms with van der Waals surface area (Å²) in [7, 11) is 1.53. The summed E-state index contributed by atoms with van der Waals surface area (Å²) < 4.78 is 18.9. The number of hydrogen-bond donors (Lipinski definition) is 1. The molecule has 0 saturated carbocycles. The molecule has 0 aliphatic carbocycles. The second-order valence-corrected chi connectivity index (χ2v) is 6.80. The highest BCUT2D eigenvalue weighted by molar-refractivity contribution is 8.00. The van der Waals surface area contributed by atoms with Crippen LogP contribution in [0.2, 0.25) is 0 Å². The number of rotatable bonds is 9. The van der Waals surface area contributed by atoms with Crippen molar-refractivity contribution in [1.29, 1.82) is 0 Å². The Morgan fingerprint density at radius 2 is 1.85 bits per heavy atom. The van der Waals surface area contributed by atoms with Crippen LogP contribution >= 0.6 is 11.8 Å². The molecular formula is C20H23FN2O3S. The Morgan fingerprint density at radius 1 is 1.15 bits per heavy atom. The summed E-state index contributed by atoms with van der Waals surface area (Å²) in [5, 5.41) is 2.76. The van der Waals surface area contributed by atoms with E-state index in [0.717, 1.165) is 18.2 Å². The molecule has 0 aromatic heterocycles. The zero-order valence-electron chi connectivity index (χ0n) is 15.4. The zero-order valence-corrected chi connectivity index (χ0v) is 16.2. The van der Waals surface area contributed by atoms with Crippen LogP contribution in [0.5, 0.6) is 5.75 Å². The van der Waals surface area contributed by atoms with E-state index in [0.29, 0.717) is 22.9 Å². The van der Waals surface area contributed by atoms with Crippen molar-refractivity contribution >= 4 is 29.3 Å². The number of para-hydroxylation sites is 2. The summed E-state index contributed by atoms with van der Waals surface area (Å²) in [6.07, 6.45) is 0.720. The molecule has 27 heavy (non-hydrogen) atoms. The number of methoxy groups -OCH3 is 1. The largest absolute Gasteiger partial charge is 0.495 e. The normalized spacial score (nSPS) is 10.3. The van der Waals surface area contributed by atoms with Crippen LogP contribution < -0.4 is 10.1 Å². The summed E-state index contributed by atoms with van der Waals surface area (Å²) in [5.41, 5.74) is 0.551. The van der Waals surface area contributed by atoms with Crippen molar-refractivity contribution < 1.29 is 18.7 Å². The van der Waals surface area contributed by atoms with Crippen molar-refractivity contribution in [3.05, 3.63) is 54.3 Å². The quantitative estimate of drug-likeness (QED) is 0.662. The first kappa shape index (κ1) is 20.8. The third-order valence-electron chi connectivity index (χ3n) is 3.75. The minimum absolute atomic E-state index is 0.0669. The molecule has 144 valence electrons. The van der Waals surface area contributed by atoms with Gasteiger partial charge >= 0.3 is 0 Å². The lowest BCUT2D eigenvalue weighted by atomic mass is 10.3. The van der Waals surface area contributed by atoms with E-state index < -0.39 is 0 Å². The third kappa shape index (κ3) is 6.29. The molecule has 0 saturated heterocycles. The lowest BCUT2D eigenvalue weighted by molar-refractivity contribution is -0.132. The number of carbonyl (C=O) groups excluding carboxylic acids is 2. The zero-order chi connectivity index (χ0) is 19.6. The van der Waals surface area contributed by atoms with E-state index >= 15 is 0 Å². The van der Waals surface area contributed by atoms with Crippen molar-refractivity contribution in [2.45, 2.75) is 18.2 Å². The Balaban J connectivity index is 1.96. The number of carbonyl (C=O) groups is 2. The molecule has 0 spiro atoms. The average Bonchev–Trinajstić information content (AvgIpc) is 2.67. The van der Waals surface area contributed by atoms with Gasteiger partial charge in [-0.05, 0) is 30.7 Å². The van der Waals surface area contributed by atoms with E-state index in [9.17, 15) is 14.0 Å². The Hall–Kier alpha value is -2.54. The monoisotopic (exact) mass is 390 g/mol. The number of halogens is 1. The molecule has 0 radical (unpaired) electrons. The maximum Gasteiger partial charge on any atom is 0.244 e. The fourth-order valence-electron chi connectivity index (χ4n) is 2.47. The summed E-state index contributed by atoms with van der Waals surface area (Å²) in [6, 6.07) is 13.4. The van der Waals surface area contributed by atoms with E-state index in [1.807, 2.05) is 6.92 Å². The highest BCUT2D eigenvalue weighted by atomic mass is 32.2. The predicted molar refractivity (Wildman–Crippen MR) is 106 cm³/mol. The van der Waals surface area contributed by atoms with Crippen LogP contribution in [-0.2, 0) is 9.59 Å². The van der Waals surface area contributed by atoms with E-state index in [1.165, 1.54) is 18.1 Å². The Labute approximate surface area is 162 Å². The number of anilines is 1.